The lowest BCUT2D eigenvalue weighted by Crippen LogP contribution is -2.60. The van der Waals surface area contributed by atoms with Gasteiger partial charge in [0.1, 0.15) is 0 Å². The van der Waals surface area contributed by atoms with Crippen molar-refractivity contribution in [2.75, 3.05) is 0 Å². The second kappa shape index (κ2) is 11.8. The van der Waals surface area contributed by atoms with Gasteiger partial charge in [-0.05, 0) is 385 Å². The van der Waals surface area contributed by atoms with E-state index in [-0.39, 0.29) is 16.7 Å². The number of hydrogen-bond acceptors (Lipinski definition) is 0. The number of benzene rings is 7. The molecule has 28 unspecified atom stereocenters. The van der Waals surface area contributed by atoms with E-state index >= 15 is 0 Å². The van der Waals surface area contributed by atoms with Crippen LogP contribution in [-0.2, 0) is 27.1 Å². The molecule has 7 aromatic carbocycles. The highest BCUT2D eigenvalue weighted by Crippen LogP contribution is 3.04. The highest BCUT2D eigenvalue weighted by atomic mass is 79.9. The van der Waals surface area contributed by atoms with Crippen LogP contribution >= 0.6 is 79.6 Å². The molecule has 0 saturated heterocycles. The van der Waals surface area contributed by atoms with Gasteiger partial charge in [0.15, 0.2) is 0 Å². The Kier molecular flexibility index (Phi) is 5.58. The zero-order valence-corrected chi connectivity index (χ0v) is 58.1. The summed E-state index contributed by atoms with van der Waals surface area (Å²) >= 11 is 21.1. The lowest BCUT2D eigenvalue weighted by molar-refractivity contribution is 0.0394. The van der Waals surface area contributed by atoms with E-state index in [1.807, 2.05) is 167 Å². The van der Waals surface area contributed by atoms with Gasteiger partial charge in [0, 0.05) is 39.1 Å². The predicted molar refractivity (Wildman–Crippen MR) is 377 cm³/mol. The summed E-state index contributed by atoms with van der Waals surface area (Å²) in [5.74, 6) is 11.4. The van der Waals surface area contributed by atoms with E-state index in [0.29, 0.717) is 130 Å². The molecule has 438 valence electrons. The van der Waals surface area contributed by atoms with Crippen LogP contribution in [-0.4, -0.2) is 0 Å². The first-order valence-electron chi connectivity index (χ1n) is 36.6. The maximum Gasteiger partial charge on any atom is 0.0683 e. The van der Waals surface area contributed by atoms with Crippen LogP contribution in [0.4, 0.5) is 0 Å². The highest BCUT2D eigenvalue weighted by molar-refractivity contribution is 9.11. The van der Waals surface area contributed by atoms with Crippen molar-refractivity contribution in [3.63, 3.8) is 0 Å². The molecule has 28 atom stereocenters. The van der Waals surface area contributed by atoms with Gasteiger partial charge in [-0.1, -0.05) is 151 Å². The molecule has 0 N–H and O–H groups in total. The van der Waals surface area contributed by atoms with Gasteiger partial charge in [-0.3, -0.25) is 0 Å². The van der Waals surface area contributed by atoms with Gasteiger partial charge in [0.05, 0.1) is 16.2 Å². The Labute approximate surface area is 586 Å². The van der Waals surface area contributed by atoms with Crippen molar-refractivity contribution in [3.05, 3.63) is 316 Å². The molecule has 0 radical (unpaired) electrons. The van der Waals surface area contributed by atoms with Crippen LogP contribution in [0, 0.1) is 112 Å². The van der Waals surface area contributed by atoms with Crippen LogP contribution in [0.2, 0.25) is 0 Å². The van der Waals surface area contributed by atoms with E-state index in [1.54, 1.807) is 27.8 Å². The Morgan fingerprint density at radius 3 is 1.28 bits per heavy atom. The van der Waals surface area contributed by atoms with E-state index in [9.17, 15) is 0 Å². The van der Waals surface area contributed by atoms with Crippen LogP contribution in [0.25, 0.3) is 33.1 Å². The molecule has 7 aromatic rings. The van der Waals surface area contributed by atoms with Crippen molar-refractivity contribution < 1.29 is 0 Å². The second-order valence-electron chi connectivity index (χ2n) is 36.3. The zero-order valence-electron chi connectivity index (χ0n) is 50.2. The maximum absolute atomic E-state index is 4.23. The third-order valence-electron chi connectivity index (χ3n) is 37.0. The fraction of sp³-hybridized carbons (Fsp3) is 0.311. The molecular weight excluding hydrogens is 1480 g/mol. The van der Waals surface area contributed by atoms with Gasteiger partial charge in [-0.25, -0.2) is 0 Å². The zero-order chi connectivity index (χ0) is 59.2. The van der Waals surface area contributed by atoms with Crippen molar-refractivity contribution in [2.24, 2.45) is 112 Å². The van der Waals surface area contributed by atoms with Gasteiger partial charge in [0.2, 0.25) is 0 Å². The normalized spacial score (nSPS) is 50.2. The fourth-order valence-electron chi connectivity index (χ4n) is 38.3. The van der Waals surface area contributed by atoms with Gasteiger partial charge < -0.3 is 0 Å². The molecule has 0 nitrogen and oxygen atoms in total. The summed E-state index contributed by atoms with van der Waals surface area (Å²) in [5.41, 5.74) is 65.1. The molecule has 0 spiro atoms. The maximum atomic E-state index is 4.23. The monoisotopic (exact) mass is 1520 g/mol. The third-order valence-corrected chi connectivity index (χ3v) is 39.7. The average molecular weight is 1520 g/mol. The van der Waals surface area contributed by atoms with Crippen LogP contribution in [0.15, 0.2) is 244 Å². The lowest BCUT2D eigenvalue weighted by atomic mass is 9.38. The Bertz CT molecular complexity index is 6400. The van der Waals surface area contributed by atoms with Crippen LogP contribution in [0.3, 0.4) is 0 Å². The van der Waals surface area contributed by atoms with E-state index < -0.39 is 16.2 Å². The first-order valence-corrected chi connectivity index (χ1v) is 40.6. The predicted octanol–water partition coefficient (Wildman–Crippen LogP) is 19.9. The molecule has 37 rings (SSSR count). The van der Waals surface area contributed by atoms with Crippen molar-refractivity contribution >= 4 is 113 Å². The summed E-state index contributed by atoms with van der Waals surface area (Å²) in [7, 11) is 0. The third kappa shape index (κ3) is 3.05. The summed E-state index contributed by atoms with van der Waals surface area (Å²) in [6.45, 7) is 0. The first kappa shape index (κ1) is 45.1. The first-order chi connectivity index (χ1) is 46.8. The van der Waals surface area contributed by atoms with Crippen molar-refractivity contribution in [3.8, 4) is 0 Å². The number of halogens is 5. The molecule has 95 heavy (non-hydrogen) atoms. The number of allylic oxidation sites excluding steroid dienone is 22. The Hall–Kier alpha value is -5.66. The van der Waals surface area contributed by atoms with E-state index in [2.05, 4.69) is 212 Å². The highest BCUT2D eigenvalue weighted by Gasteiger charge is 2.96. The molecule has 0 bridgehead atoms. The Morgan fingerprint density at radius 2 is 0.653 bits per heavy atom. The number of hydrogen-bond donors (Lipinski definition) is 0. The van der Waals surface area contributed by atoms with Crippen molar-refractivity contribution in [2.45, 2.75) is 50.7 Å². The molecule has 30 aliphatic carbocycles. The molecule has 7 saturated carbocycles. The summed E-state index contributed by atoms with van der Waals surface area (Å²) in [6.07, 6.45) is 0. The number of rotatable bonds is 5. The Balaban J connectivity index is 0.924. The molecule has 30 aliphatic rings. The summed E-state index contributed by atoms with van der Waals surface area (Å²) < 4.78 is 6.08. The summed E-state index contributed by atoms with van der Waals surface area (Å²) in [5, 5.41) is 3.75. The quantitative estimate of drug-likeness (QED) is 0.151. The van der Waals surface area contributed by atoms with E-state index in [1.165, 1.54) is 22.4 Å². The van der Waals surface area contributed by atoms with Gasteiger partial charge in [-0.2, -0.15) is 0 Å². The standard InChI is InChI=1S/C90H43Br5/c91-26-11-1-21(2-12-26)86-71-61-51-41-36-31-32-34-35-33(31)38-45-43(36)53(51)63-65-55(45)57-47(38)49-40(35)50-48-39(34)46-44-37(32)42(41)52-54(44)64-66-56(46)58(48)68-70-60(50)59(49)69-67(57)77-75(65)87(73(63)71,22-3-13-27(92)14-4-22)82-81(86)83-85-84(82)89(77,24-7-17-29(94)18-8-24)79(69)80(70)90(85,25-9-19-30(95)20-10-25)78(68)76(66)88(83,74(64)72(86)62(52)61)23-5-15-28(93)16-6-23/h1-20,41-46,51-58,63,65,67-70,79-81H. The Morgan fingerprint density at radius 1 is 0.242 bits per heavy atom. The second-order valence-corrected chi connectivity index (χ2v) is 40.9. The van der Waals surface area contributed by atoms with Gasteiger partial charge >= 0.3 is 0 Å². The van der Waals surface area contributed by atoms with E-state index in [4.69, 9.17) is 0 Å². The summed E-state index contributed by atoms with van der Waals surface area (Å²) in [4.78, 5) is 0. The summed E-state index contributed by atoms with van der Waals surface area (Å²) in [6, 6.07) is 53.2. The van der Waals surface area contributed by atoms with Crippen LogP contribution in [0.1, 0.15) is 96.0 Å². The van der Waals surface area contributed by atoms with Crippen LogP contribution in [0.5, 0.6) is 0 Å². The lowest BCUT2D eigenvalue weighted by Gasteiger charge is -2.63. The topological polar surface area (TPSA) is 0 Å². The smallest absolute Gasteiger partial charge is 0.0567 e. The fourth-order valence-corrected chi connectivity index (χ4v) is 39.6. The minimum atomic E-state index is -0.457. The molecule has 7 fully saturated rings. The molecule has 0 amide bonds. The molecule has 0 aliphatic heterocycles. The van der Waals surface area contributed by atoms with Crippen molar-refractivity contribution in [1.82, 2.24) is 0 Å². The van der Waals surface area contributed by atoms with E-state index in [0.717, 1.165) is 0 Å². The SMILES string of the molecule is Brc1ccc(C23C4=C5C6=C7C8=C9C%10C%11C%12=C%13C%14C%15C%16=C%17c%18c%19c%20c%21c%22c%23c%24c(c%16c%18%22)C%14C%11C%24C%11C%14=C%23C%21=C%16C(C6C6C4=C4C2=C2C(C%17C%17C%15C%13(c%13ccc(Br)cc%13)C%13=C(C(C3=C%13C2%17c2ccc(Br)cc2)C58c2ccc(Br)cc2)C9%12c2ccc(Br)cc2)C%19C4C%20C%166)C%14C7C%10%11)cc1. The molecular formula is C90H43Br5. The largest absolute Gasteiger partial charge is 0.0683 e. The minimum Gasteiger partial charge on any atom is -0.0567 e. The minimum absolute atomic E-state index is 0.113. The molecule has 0 heterocycles. The average Bonchev–Trinajstić information content (AvgIpc) is 1.37. The van der Waals surface area contributed by atoms with Gasteiger partial charge in [-0.15, -0.1) is 0 Å². The van der Waals surface area contributed by atoms with Crippen LogP contribution < -0.4 is 0 Å². The van der Waals surface area contributed by atoms with Crippen molar-refractivity contribution in [1.29, 1.82) is 0 Å². The van der Waals surface area contributed by atoms with Gasteiger partial charge in [0.25, 0.3) is 0 Å². The molecule has 0 aromatic heterocycles. The molecule has 5 heteroatoms.